The van der Waals surface area contributed by atoms with Crippen molar-refractivity contribution in [2.75, 3.05) is 5.32 Å². The fraction of sp³-hybridized carbons (Fsp3) is 0.545. The van der Waals surface area contributed by atoms with E-state index in [1.165, 1.54) is 28.9 Å². The van der Waals surface area contributed by atoms with Gasteiger partial charge in [-0.25, -0.2) is 4.98 Å². The zero-order valence-electron chi connectivity index (χ0n) is 15.9. The first-order chi connectivity index (χ1) is 12.8. The van der Waals surface area contributed by atoms with Crippen LogP contribution in [0.2, 0.25) is 0 Å². The van der Waals surface area contributed by atoms with Gasteiger partial charge in [-0.2, -0.15) is 0 Å². The Bertz CT molecular complexity index is 905. The van der Waals surface area contributed by atoms with Gasteiger partial charge in [0.1, 0.15) is 0 Å². The van der Waals surface area contributed by atoms with Gasteiger partial charge in [0.25, 0.3) is 0 Å². The van der Waals surface area contributed by atoms with Gasteiger partial charge in [-0.3, -0.25) is 4.79 Å². The molecule has 0 spiro atoms. The van der Waals surface area contributed by atoms with Crippen LogP contribution >= 0.6 is 11.3 Å². The number of hydrogen-bond acceptors (Lipinski definition) is 4. The van der Waals surface area contributed by atoms with Crippen molar-refractivity contribution in [1.82, 2.24) is 4.98 Å². The van der Waals surface area contributed by atoms with Gasteiger partial charge in [0, 0.05) is 10.9 Å². The Labute approximate surface area is 164 Å². The number of carbonyl (C=O) groups excluding carboxylic acids is 1. The molecule has 4 atom stereocenters. The van der Waals surface area contributed by atoms with Crippen LogP contribution in [-0.4, -0.2) is 21.6 Å². The molecule has 2 N–H and O–H groups in total. The number of rotatable bonds is 3. The zero-order valence-corrected chi connectivity index (χ0v) is 16.7. The standard InChI is InChI=1S/C22H26N2O2S/c1-13-3-4-17(5-14(13)2)18-11-27-20(23-18)24-19(25)21-7-15-6-16(8-21)10-22(26,9-15)12-21/h3-5,11,15-16,26H,6-10,12H2,1-2H3,(H,23,24,25)/t15-,16+,21?,22?. The van der Waals surface area contributed by atoms with E-state index in [1.807, 2.05) is 5.38 Å². The Morgan fingerprint density at radius 1 is 1.19 bits per heavy atom. The Morgan fingerprint density at radius 3 is 2.59 bits per heavy atom. The van der Waals surface area contributed by atoms with E-state index in [0.717, 1.165) is 36.9 Å². The van der Waals surface area contributed by atoms with Gasteiger partial charge in [-0.1, -0.05) is 12.1 Å². The molecule has 6 rings (SSSR count). The molecule has 4 aliphatic rings. The molecule has 5 heteroatoms. The molecule has 0 saturated heterocycles. The van der Waals surface area contributed by atoms with Crippen molar-refractivity contribution in [3.8, 4) is 11.3 Å². The summed E-state index contributed by atoms with van der Waals surface area (Å²) in [4.78, 5) is 17.9. The summed E-state index contributed by atoms with van der Waals surface area (Å²) in [7, 11) is 0. The molecule has 4 saturated carbocycles. The summed E-state index contributed by atoms with van der Waals surface area (Å²) in [5, 5.41) is 16.7. The molecule has 4 aliphatic carbocycles. The number of carbonyl (C=O) groups is 1. The van der Waals surface area contributed by atoms with Crippen LogP contribution < -0.4 is 5.32 Å². The van der Waals surface area contributed by atoms with Gasteiger partial charge in [-0.05, 0) is 81.4 Å². The van der Waals surface area contributed by atoms with Crippen molar-refractivity contribution in [1.29, 1.82) is 0 Å². The van der Waals surface area contributed by atoms with Crippen molar-refractivity contribution in [2.45, 2.75) is 58.0 Å². The molecule has 1 amide bonds. The minimum atomic E-state index is -0.616. The predicted octanol–water partition coefficient (Wildman–Crippen LogP) is 4.70. The van der Waals surface area contributed by atoms with Crippen LogP contribution in [0, 0.1) is 31.1 Å². The van der Waals surface area contributed by atoms with Crippen LogP contribution in [0.1, 0.15) is 49.7 Å². The summed E-state index contributed by atoms with van der Waals surface area (Å²) in [6, 6.07) is 6.33. The number of nitrogens with zero attached hydrogens (tertiary/aromatic N) is 1. The Morgan fingerprint density at radius 2 is 1.93 bits per heavy atom. The average Bonchev–Trinajstić information content (AvgIpc) is 3.03. The number of benzene rings is 1. The highest BCUT2D eigenvalue weighted by molar-refractivity contribution is 7.14. The van der Waals surface area contributed by atoms with Gasteiger partial charge in [0.2, 0.25) is 5.91 Å². The maximum absolute atomic E-state index is 13.2. The van der Waals surface area contributed by atoms with E-state index in [2.05, 4.69) is 42.3 Å². The summed E-state index contributed by atoms with van der Waals surface area (Å²) < 4.78 is 0. The number of thiazole rings is 1. The number of hydrogen-bond donors (Lipinski definition) is 2. The topological polar surface area (TPSA) is 62.2 Å². The fourth-order valence-corrected chi connectivity index (χ4v) is 6.79. The lowest BCUT2D eigenvalue weighted by Crippen LogP contribution is -2.59. The quantitative estimate of drug-likeness (QED) is 0.809. The molecule has 4 bridgehead atoms. The summed E-state index contributed by atoms with van der Waals surface area (Å²) in [5.41, 5.74) is 3.48. The third-order valence-electron chi connectivity index (χ3n) is 7.04. The van der Waals surface area contributed by atoms with E-state index in [0.29, 0.717) is 23.4 Å². The number of aliphatic hydroxyl groups is 1. The molecule has 142 valence electrons. The third-order valence-corrected chi connectivity index (χ3v) is 7.80. The second kappa shape index (κ2) is 5.89. The highest BCUT2D eigenvalue weighted by atomic mass is 32.1. The molecule has 2 aromatic rings. The van der Waals surface area contributed by atoms with Crippen molar-refractivity contribution >= 4 is 22.4 Å². The molecule has 2 unspecified atom stereocenters. The zero-order chi connectivity index (χ0) is 18.8. The average molecular weight is 383 g/mol. The maximum atomic E-state index is 13.2. The number of aromatic nitrogens is 1. The number of aryl methyl sites for hydroxylation is 2. The summed E-state index contributed by atoms with van der Waals surface area (Å²) in [6.07, 6.45) is 5.42. The summed E-state index contributed by atoms with van der Waals surface area (Å²) in [6.45, 7) is 4.21. The largest absolute Gasteiger partial charge is 0.390 e. The van der Waals surface area contributed by atoms with E-state index < -0.39 is 11.0 Å². The van der Waals surface area contributed by atoms with Crippen LogP contribution in [-0.2, 0) is 4.79 Å². The van der Waals surface area contributed by atoms with Gasteiger partial charge >= 0.3 is 0 Å². The molecule has 4 nitrogen and oxygen atoms in total. The van der Waals surface area contributed by atoms with Crippen molar-refractivity contribution in [3.05, 3.63) is 34.7 Å². The molecule has 0 aliphatic heterocycles. The van der Waals surface area contributed by atoms with Gasteiger partial charge < -0.3 is 10.4 Å². The third kappa shape index (κ3) is 2.92. The van der Waals surface area contributed by atoms with Gasteiger partial charge in [0.05, 0.1) is 16.7 Å². The van der Waals surface area contributed by atoms with E-state index in [9.17, 15) is 9.90 Å². The normalized spacial score (nSPS) is 34.0. The molecule has 4 fully saturated rings. The first kappa shape index (κ1) is 17.4. The smallest absolute Gasteiger partial charge is 0.232 e. The van der Waals surface area contributed by atoms with Crippen molar-refractivity contribution in [2.24, 2.45) is 17.3 Å². The lowest BCUT2D eigenvalue weighted by molar-refractivity contribution is -0.174. The minimum absolute atomic E-state index is 0.0658. The molecule has 1 heterocycles. The molecular weight excluding hydrogens is 356 g/mol. The van der Waals surface area contributed by atoms with Crippen LogP contribution in [0.15, 0.2) is 23.6 Å². The van der Waals surface area contributed by atoms with Crippen LogP contribution in [0.4, 0.5) is 5.13 Å². The SMILES string of the molecule is Cc1ccc(-c2csc(NC(=O)C34C[C@@H]5C[C@@H](CC(O)(C5)C3)C4)n2)cc1C. The van der Waals surface area contributed by atoms with Crippen LogP contribution in [0.25, 0.3) is 11.3 Å². The van der Waals surface area contributed by atoms with E-state index in [4.69, 9.17) is 0 Å². The minimum Gasteiger partial charge on any atom is -0.390 e. The molecule has 1 aromatic carbocycles. The molecule has 27 heavy (non-hydrogen) atoms. The molecule has 0 radical (unpaired) electrons. The lowest BCUT2D eigenvalue weighted by atomic mass is 9.47. The number of anilines is 1. The maximum Gasteiger partial charge on any atom is 0.232 e. The van der Waals surface area contributed by atoms with Gasteiger partial charge in [-0.15, -0.1) is 11.3 Å². The Kier molecular flexibility index (Phi) is 3.79. The van der Waals surface area contributed by atoms with Crippen molar-refractivity contribution < 1.29 is 9.90 Å². The first-order valence-electron chi connectivity index (χ1n) is 9.91. The van der Waals surface area contributed by atoms with Gasteiger partial charge in [0.15, 0.2) is 5.13 Å². The van der Waals surface area contributed by atoms with Crippen LogP contribution in [0.3, 0.4) is 0 Å². The number of nitrogens with one attached hydrogen (secondary N) is 1. The van der Waals surface area contributed by atoms with E-state index in [-0.39, 0.29) is 5.91 Å². The fourth-order valence-electron chi connectivity index (χ4n) is 6.07. The molecular formula is C22H26N2O2S. The Balaban J connectivity index is 1.36. The second-order valence-electron chi connectivity index (χ2n) is 9.26. The number of amides is 1. The second-order valence-corrected chi connectivity index (χ2v) is 10.1. The predicted molar refractivity (Wildman–Crippen MR) is 108 cm³/mol. The highest BCUT2D eigenvalue weighted by Gasteiger charge is 2.60. The molecule has 1 aromatic heterocycles. The van der Waals surface area contributed by atoms with Crippen LogP contribution in [0.5, 0.6) is 0 Å². The Hall–Kier alpha value is -1.72. The van der Waals surface area contributed by atoms with E-state index in [1.54, 1.807) is 0 Å². The summed E-state index contributed by atoms with van der Waals surface area (Å²) >= 11 is 1.48. The lowest BCUT2D eigenvalue weighted by Gasteiger charge is -2.59. The highest BCUT2D eigenvalue weighted by Crippen LogP contribution is 2.61. The first-order valence-corrected chi connectivity index (χ1v) is 10.8. The summed E-state index contributed by atoms with van der Waals surface area (Å²) in [5.74, 6) is 1.07. The van der Waals surface area contributed by atoms with Crippen molar-refractivity contribution in [3.63, 3.8) is 0 Å². The van der Waals surface area contributed by atoms with E-state index >= 15 is 0 Å². The monoisotopic (exact) mass is 382 g/mol.